The zero-order valence-electron chi connectivity index (χ0n) is 11.2. The van der Waals surface area contributed by atoms with E-state index >= 15 is 0 Å². The molecule has 0 aliphatic rings. The molecule has 1 aromatic carbocycles. The van der Waals surface area contributed by atoms with Crippen molar-refractivity contribution < 1.29 is 9.90 Å². The van der Waals surface area contributed by atoms with E-state index in [0.717, 1.165) is 17.3 Å². The summed E-state index contributed by atoms with van der Waals surface area (Å²) >= 11 is 0. The summed E-state index contributed by atoms with van der Waals surface area (Å²) < 4.78 is 0. The molecule has 4 heteroatoms. The van der Waals surface area contributed by atoms with Crippen LogP contribution in [0.3, 0.4) is 0 Å². The third-order valence-corrected chi connectivity index (χ3v) is 2.73. The highest BCUT2D eigenvalue weighted by Crippen LogP contribution is 2.18. The third-order valence-electron chi connectivity index (χ3n) is 2.73. The van der Waals surface area contributed by atoms with E-state index in [1.54, 1.807) is 6.08 Å². The maximum Gasteiger partial charge on any atom is 0.328 e. The number of hydrogen-bond acceptors (Lipinski definition) is 3. The van der Waals surface area contributed by atoms with Crippen LogP contribution in [0.5, 0.6) is 0 Å². The minimum atomic E-state index is -0.957. The minimum absolute atomic E-state index is 0.314. The molecule has 0 radical (unpaired) electrons. The van der Waals surface area contributed by atoms with Gasteiger partial charge in [0.2, 0.25) is 0 Å². The van der Waals surface area contributed by atoms with Crippen molar-refractivity contribution in [2.45, 2.75) is 26.3 Å². The lowest BCUT2D eigenvalue weighted by atomic mass is 10.1. The molecule has 0 spiro atoms. The third kappa shape index (κ3) is 4.84. The second-order valence-electron chi connectivity index (χ2n) is 4.46. The van der Waals surface area contributed by atoms with Crippen molar-refractivity contribution in [2.75, 3.05) is 11.4 Å². The molecule has 0 unspecified atom stereocenters. The van der Waals surface area contributed by atoms with E-state index in [1.807, 2.05) is 24.3 Å². The van der Waals surface area contributed by atoms with Crippen molar-refractivity contribution in [1.29, 1.82) is 5.26 Å². The molecule has 4 nitrogen and oxygen atoms in total. The van der Waals surface area contributed by atoms with Crippen molar-refractivity contribution in [3.63, 3.8) is 0 Å². The quantitative estimate of drug-likeness (QED) is 0.797. The molecule has 1 rings (SSSR count). The Morgan fingerprint density at radius 1 is 1.42 bits per heavy atom. The van der Waals surface area contributed by atoms with Gasteiger partial charge in [0.1, 0.15) is 0 Å². The van der Waals surface area contributed by atoms with Crippen molar-refractivity contribution in [3.8, 4) is 6.07 Å². The normalized spacial score (nSPS) is 10.6. The average molecular weight is 258 g/mol. The van der Waals surface area contributed by atoms with E-state index < -0.39 is 5.97 Å². The highest BCUT2D eigenvalue weighted by molar-refractivity contribution is 5.85. The largest absolute Gasteiger partial charge is 0.478 e. The predicted octanol–water partition coefficient (Wildman–Crippen LogP) is 2.91. The molecule has 0 aliphatic carbocycles. The van der Waals surface area contributed by atoms with Gasteiger partial charge in [0.25, 0.3) is 0 Å². The van der Waals surface area contributed by atoms with E-state index in [-0.39, 0.29) is 0 Å². The van der Waals surface area contributed by atoms with Crippen LogP contribution in [0.25, 0.3) is 6.08 Å². The molecule has 0 amide bonds. The smallest absolute Gasteiger partial charge is 0.328 e. The fourth-order valence-corrected chi connectivity index (χ4v) is 1.80. The molecule has 1 aromatic rings. The topological polar surface area (TPSA) is 64.3 Å². The predicted molar refractivity (Wildman–Crippen MR) is 75.8 cm³/mol. The first-order valence-corrected chi connectivity index (χ1v) is 6.19. The van der Waals surface area contributed by atoms with Gasteiger partial charge >= 0.3 is 5.97 Å². The molecule has 0 saturated carbocycles. The Bertz CT molecular complexity index is 484. The number of benzene rings is 1. The number of carboxylic acids is 1. The molecule has 0 atom stereocenters. The molecule has 0 fully saturated rings. The van der Waals surface area contributed by atoms with Gasteiger partial charge in [0.05, 0.1) is 12.5 Å². The van der Waals surface area contributed by atoms with Crippen LogP contribution in [0.1, 0.15) is 25.8 Å². The lowest BCUT2D eigenvalue weighted by molar-refractivity contribution is -0.131. The van der Waals surface area contributed by atoms with E-state index in [9.17, 15) is 4.79 Å². The Labute approximate surface area is 113 Å². The van der Waals surface area contributed by atoms with Gasteiger partial charge in [0, 0.05) is 24.4 Å². The molecule has 0 heterocycles. The minimum Gasteiger partial charge on any atom is -0.478 e. The lowest BCUT2D eigenvalue weighted by Gasteiger charge is -2.28. The van der Waals surface area contributed by atoms with E-state index in [2.05, 4.69) is 24.8 Å². The van der Waals surface area contributed by atoms with Gasteiger partial charge < -0.3 is 10.0 Å². The Morgan fingerprint density at radius 2 is 2.05 bits per heavy atom. The van der Waals surface area contributed by atoms with Crippen LogP contribution in [-0.4, -0.2) is 23.7 Å². The molecule has 0 saturated heterocycles. The summed E-state index contributed by atoms with van der Waals surface area (Å²) in [6.45, 7) is 4.85. The first-order chi connectivity index (χ1) is 9.04. The summed E-state index contributed by atoms with van der Waals surface area (Å²) in [5, 5.41) is 17.2. The molecule has 0 aromatic heterocycles. The number of nitriles is 1. The van der Waals surface area contributed by atoms with Gasteiger partial charge in [-0.3, -0.25) is 0 Å². The molecule has 19 heavy (non-hydrogen) atoms. The first-order valence-electron chi connectivity index (χ1n) is 6.19. The highest BCUT2D eigenvalue weighted by atomic mass is 16.4. The van der Waals surface area contributed by atoms with Crippen LogP contribution in [-0.2, 0) is 4.79 Å². The maximum absolute atomic E-state index is 10.4. The zero-order valence-corrected chi connectivity index (χ0v) is 11.2. The second-order valence-corrected chi connectivity index (χ2v) is 4.46. The number of anilines is 1. The number of aliphatic carboxylic acids is 1. The standard InChI is InChI=1S/C15H18N2O2/c1-12(2)17(11-3-10-16)14-7-4-13(5-8-14)6-9-15(18)19/h4-9,12H,3,11H2,1-2H3,(H,18,19). The van der Waals surface area contributed by atoms with Gasteiger partial charge in [-0.2, -0.15) is 5.26 Å². The van der Waals surface area contributed by atoms with Crippen LogP contribution >= 0.6 is 0 Å². The fourth-order valence-electron chi connectivity index (χ4n) is 1.80. The summed E-state index contributed by atoms with van der Waals surface area (Å²) in [7, 11) is 0. The van der Waals surface area contributed by atoms with Crippen molar-refractivity contribution in [1.82, 2.24) is 0 Å². The van der Waals surface area contributed by atoms with Gasteiger partial charge in [-0.15, -0.1) is 0 Å². The Morgan fingerprint density at radius 3 is 2.53 bits per heavy atom. The molecular weight excluding hydrogens is 240 g/mol. The molecular formula is C15H18N2O2. The van der Waals surface area contributed by atoms with Gasteiger partial charge in [-0.1, -0.05) is 12.1 Å². The zero-order chi connectivity index (χ0) is 14.3. The number of rotatable bonds is 6. The van der Waals surface area contributed by atoms with Crippen LogP contribution in [0.4, 0.5) is 5.69 Å². The summed E-state index contributed by atoms with van der Waals surface area (Å²) in [6.07, 6.45) is 3.16. The van der Waals surface area contributed by atoms with Gasteiger partial charge in [0.15, 0.2) is 0 Å². The molecule has 1 N–H and O–H groups in total. The SMILES string of the molecule is CC(C)N(CCC#N)c1ccc(C=CC(=O)O)cc1. The summed E-state index contributed by atoms with van der Waals surface area (Å²) in [6, 6.07) is 10.1. The van der Waals surface area contributed by atoms with Crippen molar-refractivity contribution >= 4 is 17.7 Å². The first kappa shape index (κ1) is 14.8. The summed E-state index contributed by atoms with van der Waals surface area (Å²) in [5.41, 5.74) is 1.88. The number of carbonyl (C=O) groups is 1. The second kappa shape index (κ2) is 7.22. The number of hydrogen-bond donors (Lipinski definition) is 1. The lowest BCUT2D eigenvalue weighted by Crippen LogP contribution is -2.31. The van der Waals surface area contributed by atoms with Crippen LogP contribution in [0, 0.1) is 11.3 Å². The number of carboxylic acid groups (broad SMARTS) is 1. The summed E-state index contributed by atoms with van der Waals surface area (Å²) in [5.74, 6) is -0.957. The molecule has 0 bridgehead atoms. The van der Waals surface area contributed by atoms with Crippen LogP contribution in [0.2, 0.25) is 0 Å². The van der Waals surface area contributed by atoms with Gasteiger partial charge in [-0.05, 0) is 37.6 Å². The molecule has 100 valence electrons. The van der Waals surface area contributed by atoms with Crippen LogP contribution in [0.15, 0.2) is 30.3 Å². The summed E-state index contributed by atoms with van der Waals surface area (Å²) in [4.78, 5) is 12.6. The van der Waals surface area contributed by atoms with Crippen LogP contribution < -0.4 is 4.90 Å². The fraction of sp³-hybridized carbons (Fsp3) is 0.333. The van der Waals surface area contributed by atoms with Gasteiger partial charge in [-0.25, -0.2) is 4.79 Å². The highest BCUT2D eigenvalue weighted by Gasteiger charge is 2.09. The Balaban J connectivity index is 2.83. The van der Waals surface area contributed by atoms with E-state index in [4.69, 9.17) is 10.4 Å². The van der Waals surface area contributed by atoms with E-state index in [0.29, 0.717) is 19.0 Å². The number of nitrogens with zero attached hydrogens (tertiary/aromatic N) is 2. The van der Waals surface area contributed by atoms with Crippen molar-refractivity contribution in [2.24, 2.45) is 0 Å². The Hall–Kier alpha value is -2.28. The Kier molecular flexibility index (Phi) is 5.62. The average Bonchev–Trinajstić information content (AvgIpc) is 2.37. The monoisotopic (exact) mass is 258 g/mol. The van der Waals surface area contributed by atoms with E-state index in [1.165, 1.54) is 0 Å². The molecule has 0 aliphatic heterocycles. The maximum atomic E-state index is 10.4. The van der Waals surface area contributed by atoms with Crippen molar-refractivity contribution in [3.05, 3.63) is 35.9 Å².